The zero-order chi connectivity index (χ0) is 14.1. The summed E-state index contributed by atoms with van der Waals surface area (Å²) in [5, 5.41) is 3.72. The SMILES string of the molecule is CCCCCCCC(NCCC)c1cc(Br)sc1C. The van der Waals surface area contributed by atoms with Gasteiger partial charge in [-0.25, -0.2) is 0 Å². The molecule has 0 bridgehead atoms. The third kappa shape index (κ3) is 6.42. The molecule has 0 spiro atoms. The first kappa shape index (κ1) is 17.2. The zero-order valence-electron chi connectivity index (χ0n) is 12.6. The predicted octanol–water partition coefficient (Wildman–Crippen LogP) is 6.22. The van der Waals surface area contributed by atoms with E-state index in [1.807, 2.05) is 11.3 Å². The van der Waals surface area contributed by atoms with Crippen LogP contribution < -0.4 is 5.32 Å². The molecule has 19 heavy (non-hydrogen) atoms. The Morgan fingerprint density at radius 2 is 1.89 bits per heavy atom. The zero-order valence-corrected chi connectivity index (χ0v) is 15.0. The van der Waals surface area contributed by atoms with E-state index in [9.17, 15) is 0 Å². The van der Waals surface area contributed by atoms with Gasteiger partial charge in [-0.2, -0.15) is 0 Å². The van der Waals surface area contributed by atoms with E-state index >= 15 is 0 Å². The number of hydrogen-bond donors (Lipinski definition) is 1. The molecular weight excluding hydrogens is 318 g/mol. The molecule has 1 N–H and O–H groups in total. The van der Waals surface area contributed by atoms with Gasteiger partial charge in [0, 0.05) is 10.9 Å². The normalized spacial score (nSPS) is 12.8. The van der Waals surface area contributed by atoms with Gasteiger partial charge in [0.15, 0.2) is 0 Å². The molecule has 0 radical (unpaired) electrons. The van der Waals surface area contributed by atoms with Crippen molar-refractivity contribution in [3.8, 4) is 0 Å². The largest absolute Gasteiger partial charge is 0.310 e. The molecule has 0 fully saturated rings. The minimum atomic E-state index is 0.545. The van der Waals surface area contributed by atoms with E-state index in [-0.39, 0.29) is 0 Å². The first-order chi connectivity index (χ1) is 9.19. The number of unbranched alkanes of at least 4 members (excludes halogenated alkanes) is 4. The number of rotatable bonds is 10. The molecule has 1 heterocycles. The van der Waals surface area contributed by atoms with Crippen LogP contribution in [0.25, 0.3) is 0 Å². The molecule has 0 aromatic carbocycles. The Bertz CT molecular complexity index is 349. The summed E-state index contributed by atoms with van der Waals surface area (Å²) in [5.41, 5.74) is 1.50. The topological polar surface area (TPSA) is 12.0 Å². The van der Waals surface area contributed by atoms with E-state index in [1.165, 1.54) is 59.2 Å². The molecule has 1 unspecified atom stereocenters. The summed E-state index contributed by atoms with van der Waals surface area (Å²) >= 11 is 5.47. The molecule has 0 amide bonds. The second-order valence-electron chi connectivity index (χ2n) is 5.27. The Balaban J connectivity index is 2.49. The van der Waals surface area contributed by atoms with Gasteiger partial charge in [-0.15, -0.1) is 11.3 Å². The molecule has 0 saturated heterocycles. The fraction of sp³-hybridized carbons (Fsp3) is 0.750. The molecule has 1 nitrogen and oxygen atoms in total. The van der Waals surface area contributed by atoms with Gasteiger partial charge in [0.05, 0.1) is 3.79 Å². The van der Waals surface area contributed by atoms with Gasteiger partial charge in [0.25, 0.3) is 0 Å². The molecule has 1 aromatic heterocycles. The maximum absolute atomic E-state index is 3.72. The third-order valence-corrected chi connectivity index (χ3v) is 5.11. The van der Waals surface area contributed by atoms with Crippen molar-refractivity contribution in [3.05, 3.63) is 20.3 Å². The lowest BCUT2D eigenvalue weighted by atomic mass is 10.0. The molecule has 1 atom stereocenters. The van der Waals surface area contributed by atoms with Crippen LogP contribution in [0.3, 0.4) is 0 Å². The second kappa shape index (κ2) is 9.95. The number of thiophene rings is 1. The summed E-state index contributed by atoms with van der Waals surface area (Å²) in [4.78, 5) is 1.45. The van der Waals surface area contributed by atoms with Crippen LogP contribution in [0.4, 0.5) is 0 Å². The van der Waals surface area contributed by atoms with Crippen molar-refractivity contribution in [3.63, 3.8) is 0 Å². The van der Waals surface area contributed by atoms with E-state index in [2.05, 4.69) is 48.1 Å². The van der Waals surface area contributed by atoms with E-state index < -0.39 is 0 Å². The van der Waals surface area contributed by atoms with Crippen molar-refractivity contribution in [2.45, 2.75) is 71.8 Å². The maximum Gasteiger partial charge on any atom is 0.0704 e. The highest BCUT2D eigenvalue weighted by Gasteiger charge is 2.15. The smallest absolute Gasteiger partial charge is 0.0704 e. The summed E-state index contributed by atoms with van der Waals surface area (Å²) in [5.74, 6) is 0. The van der Waals surface area contributed by atoms with Crippen molar-refractivity contribution in [1.82, 2.24) is 5.32 Å². The lowest BCUT2D eigenvalue weighted by Crippen LogP contribution is -2.22. The predicted molar refractivity (Wildman–Crippen MR) is 91.2 cm³/mol. The molecule has 3 heteroatoms. The highest BCUT2D eigenvalue weighted by atomic mass is 79.9. The number of hydrogen-bond acceptors (Lipinski definition) is 2. The standard InChI is InChI=1S/C16H28BrNS/c1-4-6-7-8-9-10-15(18-11-5-2)14-12-16(17)19-13(14)3/h12,15,18H,4-11H2,1-3H3. The Morgan fingerprint density at radius 1 is 1.16 bits per heavy atom. The molecule has 0 aliphatic rings. The van der Waals surface area contributed by atoms with Gasteiger partial charge in [-0.3, -0.25) is 0 Å². The van der Waals surface area contributed by atoms with Crippen LogP contribution in [-0.4, -0.2) is 6.54 Å². The average Bonchev–Trinajstić information content (AvgIpc) is 2.72. The van der Waals surface area contributed by atoms with Crippen LogP contribution in [-0.2, 0) is 0 Å². The van der Waals surface area contributed by atoms with Crippen molar-refractivity contribution in [1.29, 1.82) is 0 Å². The van der Waals surface area contributed by atoms with Gasteiger partial charge in [0.1, 0.15) is 0 Å². The fourth-order valence-electron chi connectivity index (χ4n) is 2.44. The fourth-order valence-corrected chi connectivity index (χ4v) is 4.22. The molecule has 0 aliphatic carbocycles. The first-order valence-electron chi connectivity index (χ1n) is 7.68. The lowest BCUT2D eigenvalue weighted by molar-refractivity contribution is 0.467. The van der Waals surface area contributed by atoms with E-state index in [0.29, 0.717) is 6.04 Å². The van der Waals surface area contributed by atoms with Crippen molar-refractivity contribution >= 4 is 27.3 Å². The van der Waals surface area contributed by atoms with Crippen LogP contribution >= 0.6 is 27.3 Å². The molecular formula is C16H28BrNS. The number of nitrogens with one attached hydrogen (secondary N) is 1. The van der Waals surface area contributed by atoms with Crippen LogP contribution in [0.1, 0.15) is 75.3 Å². The monoisotopic (exact) mass is 345 g/mol. The van der Waals surface area contributed by atoms with Gasteiger partial charge < -0.3 is 5.32 Å². The van der Waals surface area contributed by atoms with Gasteiger partial charge >= 0.3 is 0 Å². The average molecular weight is 346 g/mol. The van der Waals surface area contributed by atoms with Crippen LogP contribution in [0, 0.1) is 6.92 Å². The summed E-state index contributed by atoms with van der Waals surface area (Å²) in [6.45, 7) is 7.87. The Morgan fingerprint density at radius 3 is 2.47 bits per heavy atom. The van der Waals surface area contributed by atoms with Gasteiger partial charge in [-0.1, -0.05) is 46.0 Å². The third-order valence-electron chi connectivity index (χ3n) is 3.54. The molecule has 0 aliphatic heterocycles. The number of halogens is 1. The molecule has 110 valence electrons. The van der Waals surface area contributed by atoms with E-state index in [1.54, 1.807) is 0 Å². The van der Waals surface area contributed by atoms with Crippen LogP contribution in [0.5, 0.6) is 0 Å². The summed E-state index contributed by atoms with van der Waals surface area (Å²) in [6.07, 6.45) is 9.30. The van der Waals surface area contributed by atoms with Gasteiger partial charge in [-0.05, 0) is 53.9 Å². The van der Waals surface area contributed by atoms with E-state index in [0.717, 1.165) is 6.54 Å². The summed E-state index contributed by atoms with van der Waals surface area (Å²) in [6, 6.07) is 2.85. The minimum absolute atomic E-state index is 0.545. The Kier molecular flexibility index (Phi) is 9.01. The summed E-state index contributed by atoms with van der Waals surface area (Å²) < 4.78 is 1.26. The molecule has 0 saturated carbocycles. The Labute approximate surface area is 131 Å². The van der Waals surface area contributed by atoms with E-state index in [4.69, 9.17) is 0 Å². The van der Waals surface area contributed by atoms with Crippen molar-refractivity contribution in [2.75, 3.05) is 6.54 Å². The lowest BCUT2D eigenvalue weighted by Gasteiger charge is -2.18. The molecule has 1 aromatic rings. The quantitative estimate of drug-likeness (QED) is 0.496. The number of aryl methyl sites for hydroxylation is 1. The van der Waals surface area contributed by atoms with Crippen molar-refractivity contribution < 1.29 is 0 Å². The highest BCUT2D eigenvalue weighted by molar-refractivity contribution is 9.11. The van der Waals surface area contributed by atoms with Gasteiger partial charge in [0.2, 0.25) is 0 Å². The first-order valence-corrected chi connectivity index (χ1v) is 9.29. The molecule has 1 rings (SSSR count). The Hall–Kier alpha value is 0.140. The van der Waals surface area contributed by atoms with Crippen molar-refractivity contribution in [2.24, 2.45) is 0 Å². The van der Waals surface area contributed by atoms with Crippen LogP contribution in [0.15, 0.2) is 9.85 Å². The second-order valence-corrected chi connectivity index (χ2v) is 7.91. The summed E-state index contributed by atoms with van der Waals surface area (Å²) in [7, 11) is 0. The van der Waals surface area contributed by atoms with Crippen LogP contribution in [0.2, 0.25) is 0 Å². The maximum atomic E-state index is 3.72. The highest BCUT2D eigenvalue weighted by Crippen LogP contribution is 2.32. The minimum Gasteiger partial charge on any atom is -0.310 e.